The highest BCUT2D eigenvalue weighted by Gasteiger charge is 2.22. The molecule has 0 unspecified atom stereocenters. The van der Waals surface area contributed by atoms with Crippen LogP contribution in [0.5, 0.6) is 0 Å². The Morgan fingerprint density at radius 1 is 0.719 bits per heavy atom. The first kappa shape index (κ1) is 18.3. The van der Waals surface area contributed by atoms with Gasteiger partial charge in [-0.1, -0.05) is 66.7 Å². The summed E-state index contributed by atoms with van der Waals surface area (Å²) in [7, 11) is 0. The second-order valence-electron chi connectivity index (χ2n) is 7.76. The summed E-state index contributed by atoms with van der Waals surface area (Å²) in [4.78, 5) is 0. The maximum atomic E-state index is 9.16. The smallest absolute Gasteiger partial charge is 0.243 e. The van der Waals surface area contributed by atoms with Gasteiger partial charge in [-0.25, -0.2) is 4.40 Å². The van der Waals surface area contributed by atoms with Gasteiger partial charge in [0.1, 0.15) is 11.1 Å². The molecule has 0 aliphatic carbocycles. The normalized spacial score (nSPS) is 11.4. The third-order valence-corrected chi connectivity index (χ3v) is 5.77. The van der Waals surface area contributed by atoms with E-state index in [4.69, 9.17) is 5.41 Å². The molecule has 6 aromatic rings. The maximum Gasteiger partial charge on any atom is 0.243 e. The SMILES string of the molecule is Cc1cn(-c2ccccc2)c2c1c(=N)n(-c1ccccc1)c1nnc(-c3ccccc3)n21. The zero-order valence-electron chi connectivity index (χ0n) is 17.5. The highest BCUT2D eigenvalue weighted by molar-refractivity contribution is 5.85. The molecule has 32 heavy (non-hydrogen) atoms. The zero-order valence-corrected chi connectivity index (χ0v) is 17.5. The molecule has 0 bridgehead atoms. The van der Waals surface area contributed by atoms with Crippen molar-refractivity contribution in [2.24, 2.45) is 0 Å². The number of nitrogens with zero attached hydrogens (tertiary/aromatic N) is 5. The molecule has 0 aliphatic heterocycles. The fourth-order valence-corrected chi connectivity index (χ4v) is 4.34. The first-order valence-corrected chi connectivity index (χ1v) is 10.5. The van der Waals surface area contributed by atoms with E-state index in [1.54, 1.807) is 0 Å². The predicted molar refractivity (Wildman–Crippen MR) is 125 cm³/mol. The number of benzene rings is 3. The molecular weight excluding hydrogens is 396 g/mol. The van der Waals surface area contributed by atoms with Gasteiger partial charge in [-0.3, -0.25) is 9.98 Å². The molecule has 3 heterocycles. The lowest BCUT2D eigenvalue weighted by Crippen LogP contribution is -2.22. The van der Waals surface area contributed by atoms with Crippen molar-refractivity contribution in [3.63, 3.8) is 0 Å². The molecule has 0 atom stereocenters. The van der Waals surface area contributed by atoms with Crippen LogP contribution in [-0.2, 0) is 0 Å². The van der Waals surface area contributed by atoms with Crippen LogP contribution in [0.1, 0.15) is 5.56 Å². The highest BCUT2D eigenvalue weighted by Crippen LogP contribution is 2.28. The first-order chi connectivity index (χ1) is 15.7. The fraction of sp³-hybridized carbons (Fsp3) is 0.0385. The van der Waals surface area contributed by atoms with Crippen LogP contribution < -0.4 is 5.49 Å². The molecule has 6 rings (SSSR count). The average molecular weight is 416 g/mol. The van der Waals surface area contributed by atoms with Gasteiger partial charge >= 0.3 is 0 Å². The second kappa shape index (κ2) is 7.06. The zero-order chi connectivity index (χ0) is 21.7. The minimum atomic E-state index is 0.387. The molecule has 3 aromatic carbocycles. The molecule has 3 aromatic heterocycles. The molecule has 0 saturated heterocycles. The summed E-state index contributed by atoms with van der Waals surface area (Å²) >= 11 is 0. The lowest BCUT2D eigenvalue weighted by atomic mass is 10.2. The number of aromatic nitrogens is 5. The highest BCUT2D eigenvalue weighted by atomic mass is 15.3. The van der Waals surface area contributed by atoms with E-state index < -0.39 is 0 Å². The van der Waals surface area contributed by atoms with E-state index in [2.05, 4.69) is 37.5 Å². The summed E-state index contributed by atoms with van der Waals surface area (Å²) in [5, 5.41) is 19.2. The number of para-hydroxylation sites is 2. The number of hydrogen-bond donors (Lipinski definition) is 1. The molecular formula is C26H20N6. The fourth-order valence-electron chi connectivity index (χ4n) is 4.34. The predicted octanol–water partition coefficient (Wildman–Crippen LogP) is 4.92. The van der Waals surface area contributed by atoms with Crippen molar-refractivity contribution in [2.45, 2.75) is 6.92 Å². The van der Waals surface area contributed by atoms with Gasteiger partial charge in [-0.05, 0) is 36.8 Å². The molecule has 0 radical (unpaired) electrons. The lowest BCUT2D eigenvalue weighted by molar-refractivity contribution is 0.911. The Morgan fingerprint density at radius 2 is 1.31 bits per heavy atom. The molecule has 154 valence electrons. The number of aryl methyl sites for hydroxylation is 1. The standard InChI is InChI=1S/C26H20N6/c1-18-17-30(20-13-7-3-8-14-20)25-22(18)23(27)31(21-15-9-4-10-16-21)26-29-28-24(32(25)26)19-11-5-2-6-12-19/h2-17,27H,1H3. The van der Waals surface area contributed by atoms with Crippen molar-refractivity contribution in [2.75, 3.05) is 0 Å². The molecule has 6 heteroatoms. The summed E-state index contributed by atoms with van der Waals surface area (Å²) < 4.78 is 6.06. The second-order valence-corrected chi connectivity index (χ2v) is 7.76. The lowest BCUT2D eigenvalue weighted by Gasteiger charge is -2.14. The third kappa shape index (κ3) is 2.63. The Kier molecular flexibility index (Phi) is 4.04. The van der Waals surface area contributed by atoms with E-state index in [9.17, 15) is 0 Å². The summed E-state index contributed by atoms with van der Waals surface area (Å²) in [5.74, 6) is 1.34. The summed E-state index contributed by atoms with van der Waals surface area (Å²) in [6.07, 6.45) is 2.08. The van der Waals surface area contributed by atoms with Crippen molar-refractivity contribution < 1.29 is 0 Å². The van der Waals surface area contributed by atoms with Crippen molar-refractivity contribution in [3.05, 3.63) is 108 Å². The van der Waals surface area contributed by atoms with E-state index in [1.165, 1.54) is 0 Å². The average Bonchev–Trinajstić information content (AvgIpc) is 3.43. The largest absolute Gasteiger partial charge is 0.302 e. The number of rotatable bonds is 3. The van der Waals surface area contributed by atoms with Crippen LogP contribution in [0, 0.1) is 12.3 Å². The number of nitrogens with one attached hydrogen (secondary N) is 1. The van der Waals surface area contributed by atoms with Gasteiger partial charge in [0.2, 0.25) is 5.78 Å². The van der Waals surface area contributed by atoms with Gasteiger partial charge in [0.15, 0.2) is 5.82 Å². The minimum Gasteiger partial charge on any atom is -0.302 e. The molecule has 0 amide bonds. The van der Waals surface area contributed by atoms with Crippen LogP contribution in [0.2, 0.25) is 0 Å². The molecule has 6 nitrogen and oxygen atoms in total. The van der Waals surface area contributed by atoms with Crippen molar-refractivity contribution >= 4 is 16.8 Å². The van der Waals surface area contributed by atoms with E-state index in [0.717, 1.165) is 39.4 Å². The van der Waals surface area contributed by atoms with Crippen LogP contribution in [0.15, 0.2) is 97.2 Å². The summed E-state index contributed by atoms with van der Waals surface area (Å²) in [6.45, 7) is 2.05. The van der Waals surface area contributed by atoms with Gasteiger partial charge in [0, 0.05) is 17.4 Å². The number of fused-ring (bicyclic) bond motifs is 3. The van der Waals surface area contributed by atoms with Crippen molar-refractivity contribution in [3.8, 4) is 22.8 Å². The van der Waals surface area contributed by atoms with E-state index >= 15 is 0 Å². The summed E-state index contributed by atoms with van der Waals surface area (Å²) in [6, 6.07) is 30.1. The first-order valence-electron chi connectivity index (χ1n) is 10.5. The summed E-state index contributed by atoms with van der Waals surface area (Å²) in [5.41, 5.74) is 5.16. The van der Waals surface area contributed by atoms with Crippen LogP contribution in [0.3, 0.4) is 0 Å². The maximum absolute atomic E-state index is 9.16. The van der Waals surface area contributed by atoms with Gasteiger partial charge in [-0.2, -0.15) is 0 Å². The molecule has 0 spiro atoms. The van der Waals surface area contributed by atoms with Gasteiger partial charge in [-0.15, -0.1) is 10.2 Å². The van der Waals surface area contributed by atoms with Crippen molar-refractivity contribution in [1.29, 1.82) is 5.41 Å². The van der Waals surface area contributed by atoms with E-state index in [-0.39, 0.29) is 0 Å². The topological polar surface area (TPSA) is 63.9 Å². The molecule has 0 saturated carbocycles. The Balaban J connectivity index is 1.85. The molecule has 1 N–H and O–H groups in total. The van der Waals surface area contributed by atoms with Gasteiger partial charge in [0.05, 0.1) is 11.1 Å². The van der Waals surface area contributed by atoms with Crippen LogP contribution >= 0.6 is 0 Å². The van der Waals surface area contributed by atoms with Crippen LogP contribution in [0.25, 0.3) is 39.6 Å². The molecule has 0 aliphatic rings. The van der Waals surface area contributed by atoms with Crippen molar-refractivity contribution in [1.82, 2.24) is 23.7 Å². The molecule has 0 fully saturated rings. The Morgan fingerprint density at radius 3 is 1.97 bits per heavy atom. The Hall–Kier alpha value is -4.45. The van der Waals surface area contributed by atoms with Gasteiger partial charge in [0.25, 0.3) is 0 Å². The Bertz CT molecular complexity index is 1620. The van der Waals surface area contributed by atoms with E-state index in [0.29, 0.717) is 11.3 Å². The third-order valence-electron chi connectivity index (χ3n) is 5.77. The number of hydrogen-bond acceptors (Lipinski definition) is 3. The Labute approximate surface area is 184 Å². The van der Waals surface area contributed by atoms with Crippen LogP contribution in [-0.4, -0.2) is 23.7 Å². The monoisotopic (exact) mass is 416 g/mol. The quantitative estimate of drug-likeness (QED) is 0.445. The van der Waals surface area contributed by atoms with E-state index in [1.807, 2.05) is 90.4 Å². The minimum absolute atomic E-state index is 0.387. The van der Waals surface area contributed by atoms with Crippen LogP contribution in [0.4, 0.5) is 0 Å². The van der Waals surface area contributed by atoms with Gasteiger partial charge < -0.3 is 4.57 Å².